The van der Waals surface area contributed by atoms with Crippen LogP contribution in [0.5, 0.6) is 5.75 Å². The van der Waals surface area contributed by atoms with Crippen molar-refractivity contribution in [3.05, 3.63) is 28.2 Å². The fraction of sp³-hybridized carbons (Fsp3) is 0.600. The summed E-state index contributed by atoms with van der Waals surface area (Å²) in [5.74, 6) is 0.758. The van der Waals surface area contributed by atoms with Crippen LogP contribution in [0.1, 0.15) is 18.4 Å². The van der Waals surface area contributed by atoms with Crippen molar-refractivity contribution in [3.8, 4) is 5.75 Å². The molecule has 1 fully saturated rings. The van der Waals surface area contributed by atoms with Crippen LogP contribution < -0.4 is 10.1 Å². The van der Waals surface area contributed by atoms with Gasteiger partial charge >= 0.3 is 0 Å². The Morgan fingerprint density at radius 1 is 1.55 bits per heavy atom. The number of halogens is 1. The van der Waals surface area contributed by atoms with Crippen molar-refractivity contribution in [1.82, 2.24) is 5.32 Å². The normalized spacial score (nSPS) is 20.1. The Morgan fingerprint density at radius 3 is 3.10 bits per heavy atom. The zero-order valence-corrected chi connectivity index (χ0v) is 13.4. The molecule has 20 heavy (non-hydrogen) atoms. The molecule has 1 aromatic rings. The van der Waals surface area contributed by atoms with Crippen LogP contribution in [0, 0.1) is 6.92 Å². The van der Waals surface area contributed by atoms with Gasteiger partial charge in [0.2, 0.25) is 0 Å². The Bertz CT molecular complexity index is 422. The van der Waals surface area contributed by atoms with Gasteiger partial charge in [-0.3, -0.25) is 0 Å². The van der Waals surface area contributed by atoms with Crippen LogP contribution >= 0.6 is 15.9 Å². The molecule has 2 rings (SSSR count). The van der Waals surface area contributed by atoms with Crippen molar-refractivity contribution in [1.29, 1.82) is 0 Å². The largest absolute Gasteiger partial charge is 0.490 e. The topological polar surface area (TPSA) is 50.7 Å². The number of aliphatic hydroxyl groups excluding tert-OH is 1. The van der Waals surface area contributed by atoms with E-state index in [0.717, 1.165) is 36.2 Å². The van der Waals surface area contributed by atoms with E-state index in [4.69, 9.17) is 9.47 Å². The van der Waals surface area contributed by atoms with Crippen molar-refractivity contribution in [2.24, 2.45) is 0 Å². The monoisotopic (exact) mass is 343 g/mol. The van der Waals surface area contributed by atoms with Crippen LogP contribution in [0.2, 0.25) is 0 Å². The van der Waals surface area contributed by atoms with Crippen LogP contribution in [-0.4, -0.2) is 43.6 Å². The maximum absolute atomic E-state index is 9.89. The van der Waals surface area contributed by atoms with Crippen molar-refractivity contribution in [2.75, 3.05) is 26.3 Å². The summed E-state index contributed by atoms with van der Waals surface area (Å²) in [6, 6.07) is 5.89. The molecule has 112 valence electrons. The van der Waals surface area contributed by atoms with Gasteiger partial charge in [0.05, 0.1) is 10.6 Å². The molecule has 0 saturated carbocycles. The number of nitrogens with one attached hydrogen (secondary N) is 1. The van der Waals surface area contributed by atoms with E-state index in [9.17, 15) is 5.11 Å². The molecule has 2 N–H and O–H groups in total. The Hall–Kier alpha value is -0.620. The number of hydrogen-bond acceptors (Lipinski definition) is 4. The Kier molecular flexibility index (Phi) is 6.29. The molecule has 2 unspecified atom stereocenters. The first-order chi connectivity index (χ1) is 9.65. The summed E-state index contributed by atoms with van der Waals surface area (Å²) < 4.78 is 12.0. The van der Waals surface area contributed by atoms with Gasteiger partial charge in [0.15, 0.2) is 0 Å². The molecule has 0 spiro atoms. The summed E-state index contributed by atoms with van der Waals surface area (Å²) in [6.45, 7) is 4.48. The van der Waals surface area contributed by atoms with E-state index in [-0.39, 0.29) is 6.61 Å². The van der Waals surface area contributed by atoms with E-state index in [0.29, 0.717) is 12.6 Å². The summed E-state index contributed by atoms with van der Waals surface area (Å²) in [5.41, 5.74) is 1.17. The van der Waals surface area contributed by atoms with E-state index in [1.54, 1.807) is 0 Å². The highest BCUT2D eigenvalue weighted by atomic mass is 79.9. The molecule has 0 bridgehead atoms. The third-order valence-corrected chi connectivity index (χ3v) is 3.91. The first-order valence-corrected chi connectivity index (χ1v) is 7.84. The minimum absolute atomic E-state index is 0.278. The standard InChI is InChI=1S/C15H22BrNO3/c1-11-4-5-15(14(16)7-11)20-10-12(18)8-17-9-13-3-2-6-19-13/h4-5,7,12-13,17-18H,2-3,6,8-10H2,1H3. The van der Waals surface area contributed by atoms with Gasteiger partial charge in [-0.15, -0.1) is 0 Å². The van der Waals surface area contributed by atoms with Crippen LogP contribution in [-0.2, 0) is 4.74 Å². The molecule has 5 heteroatoms. The number of aliphatic hydroxyl groups is 1. The van der Waals surface area contributed by atoms with E-state index in [1.807, 2.05) is 25.1 Å². The Balaban J connectivity index is 1.65. The number of rotatable bonds is 7. The van der Waals surface area contributed by atoms with Crippen molar-refractivity contribution >= 4 is 15.9 Å². The van der Waals surface area contributed by atoms with Crippen LogP contribution in [0.25, 0.3) is 0 Å². The molecule has 4 nitrogen and oxygen atoms in total. The van der Waals surface area contributed by atoms with Gasteiger partial charge in [-0.05, 0) is 53.4 Å². The van der Waals surface area contributed by atoms with Gasteiger partial charge < -0.3 is 19.9 Å². The SMILES string of the molecule is Cc1ccc(OCC(O)CNCC2CCCO2)c(Br)c1. The maximum atomic E-state index is 9.89. The minimum Gasteiger partial charge on any atom is -0.490 e. The highest BCUT2D eigenvalue weighted by molar-refractivity contribution is 9.10. The van der Waals surface area contributed by atoms with Crippen LogP contribution in [0.15, 0.2) is 22.7 Å². The smallest absolute Gasteiger partial charge is 0.133 e. The lowest BCUT2D eigenvalue weighted by Gasteiger charge is -2.16. The number of hydrogen-bond donors (Lipinski definition) is 2. The number of benzene rings is 1. The molecular formula is C15H22BrNO3. The molecular weight excluding hydrogens is 322 g/mol. The summed E-state index contributed by atoms with van der Waals surface area (Å²) in [5, 5.41) is 13.1. The molecule has 1 saturated heterocycles. The van der Waals surface area contributed by atoms with Gasteiger partial charge in [-0.2, -0.15) is 0 Å². The molecule has 1 aromatic carbocycles. The molecule has 1 aliphatic rings. The second-order valence-electron chi connectivity index (χ2n) is 5.19. The summed E-state index contributed by atoms with van der Waals surface area (Å²) >= 11 is 3.46. The molecule has 1 aliphatic heterocycles. The average Bonchev–Trinajstić information content (AvgIpc) is 2.91. The summed E-state index contributed by atoms with van der Waals surface area (Å²) in [7, 11) is 0. The lowest BCUT2D eigenvalue weighted by molar-refractivity contribution is 0.0880. The first-order valence-electron chi connectivity index (χ1n) is 7.04. The third-order valence-electron chi connectivity index (χ3n) is 3.29. The molecule has 0 amide bonds. The van der Waals surface area contributed by atoms with Crippen LogP contribution in [0.4, 0.5) is 0 Å². The predicted octanol–water partition coefficient (Wildman–Crippen LogP) is 2.27. The first kappa shape index (κ1) is 15.8. The summed E-state index contributed by atoms with van der Waals surface area (Å²) in [4.78, 5) is 0. The van der Waals surface area contributed by atoms with E-state index in [2.05, 4.69) is 21.2 Å². The lowest BCUT2D eigenvalue weighted by atomic mass is 10.2. The molecule has 0 radical (unpaired) electrons. The van der Waals surface area contributed by atoms with Crippen LogP contribution in [0.3, 0.4) is 0 Å². The second-order valence-corrected chi connectivity index (χ2v) is 6.05. The van der Waals surface area contributed by atoms with E-state index < -0.39 is 6.10 Å². The molecule has 2 atom stereocenters. The number of ether oxygens (including phenoxy) is 2. The highest BCUT2D eigenvalue weighted by Gasteiger charge is 2.15. The molecule has 0 aliphatic carbocycles. The van der Waals surface area contributed by atoms with Gasteiger partial charge in [0.1, 0.15) is 18.5 Å². The van der Waals surface area contributed by atoms with E-state index in [1.165, 1.54) is 5.56 Å². The fourth-order valence-electron chi connectivity index (χ4n) is 2.18. The fourth-order valence-corrected chi connectivity index (χ4v) is 2.79. The van der Waals surface area contributed by atoms with Crippen molar-refractivity contribution in [3.63, 3.8) is 0 Å². The van der Waals surface area contributed by atoms with Crippen molar-refractivity contribution < 1.29 is 14.6 Å². The van der Waals surface area contributed by atoms with E-state index >= 15 is 0 Å². The zero-order chi connectivity index (χ0) is 14.4. The van der Waals surface area contributed by atoms with Gasteiger partial charge in [-0.1, -0.05) is 6.07 Å². The van der Waals surface area contributed by atoms with Gasteiger partial charge in [-0.25, -0.2) is 0 Å². The van der Waals surface area contributed by atoms with Gasteiger partial charge in [0.25, 0.3) is 0 Å². The second kappa shape index (κ2) is 7.98. The highest BCUT2D eigenvalue weighted by Crippen LogP contribution is 2.25. The van der Waals surface area contributed by atoms with Crippen molar-refractivity contribution in [2.45, 2.75) is 32.0 Å². The molecule has 1 heterocycles. The quantitative estimate of drug-likeness (QED) is 0.797. The molecule has 0 aromatic heterocycles. The predicted molar refractivity (Wildman–Crippen MR) is 82.2 cm³/mol. The summed E-state index contributed by atoms with van der Waals surface area (Å²) in [6.07, 6.45) is 2.02. The Morgan fingerprint density at radius 2 is 2.40 bits per heavy atom. The average molecular weight is 344 g/mol. The minimum atomic E-state index is -0.524. The maximum Gasteiger partial charge on any atom is 0.133 e. The number of aryl methyl sites for hydroxylation is 1. The Labute approximate surface area is 128 Å². The van der Waals surface area contributed by atoms with Gasteiger partial charge in [0, 0.05) is 19.7 Å². The zero-order valence-electron chi connectivity index (χ0n) is 11.8. The third kappa shape index (κ3) is 5.05. The lowest BCUT2D eigenvalue weighted by Crippen LogP contribution is -2.35.